The summed E-state index contributed by atoms with van der Waals surface area (Å²) in [5, 5.41) is 3.00. The number of amides is 1. The van der Waals surface area contributed by atoms with E-state index in [9.17, 15) is 4.79 Å². The number of hydrogen-bond acceptors (Lipinski definition) is 4. The van der Waals surface area contributed by atoms with Crippen molar-refractivity contribution in [2.24, 2.45) is 0 Å². The molecule has 1 amide bonds. The number of carbonyl (C=O) groups is 1. The molecule has 6 nitrogen and oxygen atoms in total. The fourth-order valence-electron chi connectivity index (χ4n) is 4.03. The number of rotatable bonds is 12. The largest absolute Gasteiger partial charge is 0.493 e. The molecule has 0 aliphatic carbocycles. The zero-order chi connectivity index (χ0) is 23.6. The first kappa shape index (κ1) is 23.4. The molecule has 0 saturated heterocycles. The summed E-state index contributed by atoms with van der Waals surface area (Å²) in [7, 11) is 1.65. The maximum Gasteiger partial charge on any atom is 0.251 e. The summed E-state index contributed by atoms with van der Waals surface area (Å²) in [5.74, 6) is 2.53. The van der Waals surface area contributed by atoms with Crippen LogP contribution < -0.4 is 14.8 Å². The second-order valence-electron chi connectivity index (χ2n) is 8.10. The molecule has 6 heteroatoms. The Morgan fingerprint density at radius 2 is 1.62 bits per heavy atom. The van der Waals surface area contributed by atoms with Crippen LogP contribution in [-0.2, 0) is 13.0 Å². The van der Waals surface area contributed by atoms with Gasteiger partial charge < -0.3 is 19.4 Å². The molecule has 3 aromatic carbocycles. The summed E-state index contributed by atoms with van der Waals surface area (Å²) >= 11 is 0. The minimum atomic E-state index is -0.0163. The SMILES string of the molecule is COc1ccccc1OCCn1c(CCCCCNC(=O)c2ccccc2)nc2ccccc21. The normalized spacial score (nSPS) is 10.9. The molecule has 34 heavy (non-hydrogen) atoms. The van der Waals surface area contributed by atoms with Gasteiger partial charge in [-0.25, -0.2) is 4.98 Å². The van der Waals surface area contributed by atoms with Crippen LogP contribution in [0.3, 0.4) is 0 Å². The molecule has 4 aromatic rings. The van der Waals surface area contributed by atoms with Gasteiger partial charge in [-0.05, 0) is 49.2 Å². The van der Waals surface area contributed by atoms with Crippen LogP contribution in [0.5, 0.6) is 11.5 Å². The van der Waals surface area contributed by atoms with Crippen LogP contribution in [0, 0.1) is 0 Å². The highest BCUT2D eigenvalue weighted by Gasteiger charge is 2.11. The molecule has 0 unspecified atom stereocenters. The lowest BCUT2D eigenvalue weighted by atomic mass is 10.1. The van der Waals surface area contributed by atoms with Crippen molar-refractivity contribution < 1.29 is 14.3 Å². The molecule has 0 aliphatic heterocycles. The molecule has 0 atom stereocenters. The Kier molecular flexibility index (Phi) is 8.17. The van der Waals surface area contributed by atoms with Gasteiger partial charge in [0.1, 0.15) is 12.4 Å². The van der Waals surface area contributed by atoms with Crippen LogP contribution >= 0.6 is 0 Å². The zero-order valence-corrected chi connectivity index (χ0v) is 19.6. The van der Waals surface area contributed by atoms with Crippen molar-refractivity contribution in [1.82, 2.24) is 14.9 Å². The molecule has 0 spiro atoms. The van der Waals surface area contributed by atoms with Gasteiger partial charge in [0.15, 0.2) is 11.5 Å². The molecule has 1 heterocycles. The number of unbranched alkanes of at least 4 members (excludes halogenated alkanes) is 2. The Labute approximate surface area is 200 Å². The van der Waals surface area contributed by atoms with E-state index in [1.165, 1.54) is 0 Å². The van der Waals surface area contributed by atoms with Crippen molar-refractivity contribution in [3.05, 3.63) is 90.3 Å². The highest BCUT2D eigenvalue weighted by Crippen LogP contribution is 2.26. The minimum absolute atomic E-state index is 0.0163. The van der Waals surface area contributed by atoms with Crippen LogP contribution in [0.2, 0.25) is 0 Å². The number of nitrogens with zero attached hydrogens (tertiary/aromatic N) is 2. The van der Waals surface area contributed by atoms with Crippen molar-refractivity contribution in [3.8, 4) is 11.5 Å². The summed E-state index contributed by atoms with van der Waals surface area (Å²) in [5.41, 5.74) is 2.83. The lowest BCUT2D eigenvalue weighted by molar-refractivity contribution is 0.0953. The molecule has 0 aliphatic rings. The predicted octanol–water partition coefficient (Wildman–Crippen LogP) is 5.27. The first-order valence-corrected chi connectivity index (χ1v) is 11.8. The van der Waals surface area contributed by atoms with Crippen LogP contribution in [-0.4, -0.2) is 35.7 Å². The van der Waals surface area contributed by atoms with Crippen molar-refractivity contribution in [2.45, 2.75) is 32.2 Å². The fourth-order valence-corrected chi connectivity index (χ4v) is 4.03. The third kappa shape index (κ3) is 5.95. The Balaban J connectivity index is 1.29. The third-order valence-corrected chi connectivity index (χ3v) is 5.77. The first-order valence-electron chi connectivity index (χ1n) is 11.8. The molecular formula is C28H31N3O3. The Morgan fingerprint density at radius 3 is 2.44 bits per heavy atom. The second-order valence-corrected chi connectivity index (χ2v) is 8.10. The molecule has 0 radical (unpaired) electrons. The molecular weight excluding hydrogens is 426 g/mol. The number of nitrogens with one attached hydrogen (secondary N) is 1. The van der Waals surface area contributed by atoms with Gasteiger partial charge in [-0.1, -0.05) is 48.9 Å². The van der Waals surface area contributed by atoms with Crippen molar-refractivity contribution >= 4 is 16.9 Å². The summed E-state index contributed by atoms with van der Waals surface area (Å²) in [6.45, 7) is 1.91. The van der Waals surface area contributed by atoms with E-state index in [1.807, 2.05) is 66.7 Å². The van der Waals surface area contributed by atoms with Crippen molar-refractivity contribution in [2.75, 3.05) is 20.3 Å². The van der Waals surface area contributed by atoms with E-state index in [4.69, 9.17) is 14.5 Å². The van der Waals surface area contributed by atoms with Gasteiger partial charge >= 0.3 is 0 Å². The topological polar surface area (TPSA) is 65.4 Å². The van der Waals surface area contributed by atoms with Gasteiger partial charge in [0.05, 0.1) is 24.7 Å². The van der Waals surface area contributed by atoms with Gasteiger partial charge in [-0.3, -0.25) is 4.79 Å². The van der Waals surface area contributed by atoms with Gasteiger partial charge in [0.2, 0.25) is 0 Å². The van der Waals surface area contributed by atoms with Gasteiger partial charge in [-0.15, -0.1) is 0 Å². The Bertz CT molecular complexity index is 1200. The summed E-state index contributed by atoms with van der Waals surface area (Å²) < 4.78 is 13.6. The van der Waals surface area contributed by atoms with E-state index >= 15 is 0 Å². The van der Waals surface area contributed by atoms with Crippen LogP contribution in [0.1, 0.15) is 35.4 Å². The monoisotopic (exact) mass is 457 g/mol. The van der Waals surface area contributed by atoms with E-state index in [-0.39, 0.29) is 5.91 Å². The number of benzene rings is 3. The molecule has 1 aromatic heterocycles. The Morgan fingerprint density at radius 1 is 0.882 bits per heavy atom. The third-order valence-electron chi connectivity index (χ3n) is 5.77. The number of aryl methyl sites for hydroxylation is 1. The summed E-state index contributed by atoms with van der Waals surface area (Å²) in [4.78, 5) is 17.0. The lowest BCUT2D eigenvalue weighted by Crippen LogP contribution is -2.24. The predicted molar refractivity (Wildman–Crippen MR) is 135 cm³/mol. The van der Waals surface area contributed by atoms with E-state index in [0.29, 0.717) is 25.3 Å². The smallest absolute Gasteiger partial charge is 0.251 e. The number of aromatic nitrogens is 2. The van der Waals surface area contributed by atoms with Crippen LogP contribution in [0.4, 0.5) is 0 Å². The van der Waals surface area contributed by atoms with E-state index in [2.05, 4.69) is 22.0 Å². The fraction of sp³-hybridized carbons (Fsp3) is 0.286. The second kappa shape index (κ2) is 11.9. The molecule has 4 rings (SSSR count). The summed E-state index contributed by atoms with van der Waals surface area (Å²) in [6.07, 6.45) is 3.86. The number of imidazole rings is 1. The van der Waals surface area contributed by atoms with Crippen molar-refractivity contribution in [3.63, 3.8) is 0 Å². The number of ether oxygens (including phenoxy) is 2. The zero-order valence-electron chi connectivity index (χ0n) is 19.6. The maximum absolute atomic E-state index is 12.1. The quantitative estimate of drug-likeness (QED) is 0.295. The highest BCUT2D eigenvalue weighted by molar-refractivity contribution is 5.94. The average Bonchev–Trinajstić information content (AvgIpc) is 3.24. The van der Waals surface area contributed by atoms with Crippen molar-refractivity contribution in [1.29, 1.82) is 0 Å². The van der Waals surface area contributed by atoms with Gasteiger partial charge in [0, 0.05) is 18.5 Å². The van der Waals surface area contributed by atoms with E-state index in [1.54, 1.807) is 7.11 Å². The van der Waals surface area contributed by atoms with Crippen LogP contribution in [0.25, 0.3) is 11.0 Å². The van der Waals surface area contributed by atoms with Gasteiger partial charge in [0.25, 0.3) is 5.91 Å². The summed E-state index contributed by atoms with van der Waals surface area (Å²) in [6, 6.07) is 25.2. The molecule has 1 N–H and O–H groups in total. The Hall–Kier alpha value is -3.80. The average molecular weight is 458 g/mol. The molecule has 0 fully saturated rings. The highest BCUT2D eigenvalue weighted by atomic mass is 16.5. The number of methoxy groups -OCH3 is 1. The molecule has 176 valence electrons. The maximum atomic E-state index is 12.1. The van der Waals surface area contributed by atoms with E-state index in [0.717, 1.165) is 54.0 Å². The number of para-hydroxylation sites is 4. The molecule has 0 saturated carbocycles. The number of carbonyl (C=O) groups excluding carboxylic acids is 1. The number of hydrogen-bond donors (Lipinski definition) is 1. The van der Waals surface area contributed by atoms with Crippen LogP contribution in [0.15, 0.2) is 78.9 Å². The lowest BCUT2D eigenvalue weighted by Gasteiger charge is -2.13. The number of fused-ring (bicyclic) bond motifs is 1. The standard InChI is InChI=1S/C28H31N3O3/c1-33-25-16-9-10-17-26(25)34-21-20-31-24-15-8-7-14-23(24)30-27(31)18-6-3-11-19-29-28(32)22-12-4-2-5-13-22/h2,4-5,7-10,12-17H,3,6,11,18-21H2,1H3,(H,29,32). The molecule has 0 bridgehead atoms. The van der Waals surface area contributed by atoms with Gasteiger partial charge in [-0.2, -0.15) is 0 Å². The first-order chi connectivity index (χ1) is 16.8. The van der Waals surface area contributed by atoms with E-state index < -0.39 is 0 Å². The minimum Gasteiger partial charge on any atom is -0.493 e.